The number of nitriles is 1. The van der Waals surface area contributed by atoms with Gasteiger partial charge in [0.25, 0.3) is 0 Å². The molecule has 29 heavy (non-hydrogen) atoms. The third-order valence-corrected chi connectivity index (χ3v) is 6.15. The second kappa shape index (κ2) is 5.88. The number of hydrogen-bond donors (Lipinski definition) is 1. The van der Waals surface area contributed by atoms with Gasteiger partial charge >= 0.3 is 0 Å². The summed E-state index contributed by atoms with van der Waals surface area (Å²) in [5.41, 5.74) is -0.0699. The zero-order chi connectivity index (χ0) is 20.4. The van der Waals surface area contributed by atoms with Crippen molar-refractivity contribution in [2.75, 3.05) is 4.90 Å². The van der Waals surface area contributed by atoms with Gasteiger partial charge in [-0.3, -0.25) is 14.3 Å². The van der Waals surface area contributed by atoms with Crippen molar-refractivity contribution in [1.29, 1.82) is 5.26 Å². The molecule has 0 bridgehead atoms. The molecule has 1 aromatic heterocycles. The molecule has 1 atom stereocenters. The predicted octanol–water partition coefficient (Wildman–Crippen LogP) is 3.53. The first-order chi connectivity index (χ1) is 13.9. The van der Waals surface area contributed by atoms with Crippen molar-refractivity contribution in [3.8, 4) is 6.07 Å². The van der Waals surface area contributed by atoms with Gasteiger partial charge in [0.15, 0.2) is 0 Å². The molecule has 2 aliphatic rings. The molecular formula is C22H19FN4O2. The van der Waals surface area contributed by atoms with Gasteiger partial charge in [0, 0.05) is 6.07 Å². The van der Waals surface area contributed by atoms with E-state index >= 15 is 0 Å². The quantitative estimate of drug-likeness (QED) is 0.742. The summed E-state index contributed by atoms with van der Waals surface area (Å²) in [5, 5.41) is 20.4. The third-order valence-electron chi connectivity index (χ3n) is 6.15. The van der Waals surface area contributed by atoms with E-state index in [0.29, 0.717) is 22.5 Å². The van der Waals surface area contributed by atoms with Gasteiger partial charge in [-0.15, -0.1) is 0 Å². The standard InChI is InChI=1S/C22H19FN4O2/c1-21(29,15-6-3-2-4-7-15)12-18(28)26-20-25-17-11-16(23)10-14(13-24)19(17)27(20)22(26)8-5-9-22/h2-4,6-7,10-11,29H,5,8-9,12H2,1H3. The fourth-order valence-electron chi connectivity index (χ4n) is 4.59. The number of imidazole rings is 1. The Morgan fingerprint density at radius 3 is 2.69 bits per heavy atom. The Kier molecular flexibility index (Phi) is 3.61. The molecule has 146 valence electrons. The van der Waals surface area contributed by atoms with E-state index in [1.807, 2.05) is 28.8 Å². The first kappa shape index (κ1) is 17.8. The minimum Gasteiger partial charge on any atom is -0.385 e. The normalized spacial score (nSPS) is 18.5. The summed E-state index contributed by atoms with van der Waals surface area (Å²) in [6.07, 6.45) is 2.34. The highest BCUT2D eigenvalue weighted by atomic mass is 19.1. The molecule has 7 heteroatoms. The van der Waals surface area contributed by atoms with E-state index in [0.717, 1.165) is 19.3 Å². The van der Waals surface area contributed by atoms with E-state index in [1.165, 1.54) is 12.1 Å². The maximum atomic E-state index is 13.9. The lowest BCUT2D eigenvalue weighted by Gasteiger charge is -2.58. The minimum absolute atomic E-state index is 0.0958. The van der Waals surface area contributed by atoms with Crippen molar-refractivity contribution in [3.63, 3.8) is 0 Å². The fourth-order valence-corrected chi connectivity index (χ4v) is 4.59. The van der Waals surface area contributed by atoms with Crippen LogP contribution in [-0.4, -0.2) is 20.6 Å². The second-order valence-corrected chi connectivity index (χ2v) is 8.06. The van der Waals surface area contributed by atoms with Gasteiger partial charge < -0.3 is 5.11 Å². The van der Waals surface area contributed by atoms with Crippen LogP contribution in [0.4, 0.5) is 10.3 Å². The van der Waals surface area contributed by atoms with Gasteiger partial charge in [-0.05, 0) is 37.8 Å². The number of amides is 1. The number of carbonyl (C=O) groups excluding carboxylic acids is 1. The Balaban J connectivity index is 1.56. The monoisotopic (exact) mass is 390 g/mol. The van der Waals surface area contributed by atoms with E-state index in [9.17, 15) is 19.6 Å². The highest BCUT2D eigenvalue weighted by Crippen LogP contribution is 2.55. The summed E-state index contributed by atoms with van der Waals surface area (Å²) in [4.78, 5) is 19.3. The Labute approximate surface area is 166 Å². The molecule has 0 saturated heterocycles. The van der Waals surface area contributed by atoms with Crippen LogP contribution in [0.15, 0.2) is 42.5 Å². The average molecular weight is 390 g/mol. The lowest BCUT2D eigenvalue weighted by atomic mass is 9.79. The molecule has 1 unspecified atom stereocenters. The number of nitrogens with zero attached hydrogens (tertiary/aromatic N) is 4. The second-order valence-electron chi connectivity index (χ2n) is 8.06. The predicted molar refractivity (Wildman–Crippen MR) is 104 cm³/mol. The molecule has 0 radical (unpaired) electrons. The lowest BCUT2D eigenvalue weighted by molar-refractivity contribution is -0.128. The van der Waals surface area contributed by atoms with Crippen molar-refractivity contribution < 1.29 is 14.3 Å². The molecule has 1 spiro atoms. The molecule has 3 aromatic rings. The number of anilines is 1. The number of hydrogen-bond acceptors (Lipinski definition) is 4. The van der Waals surface area contributed by atoms with Gasteiger partial charge in [0.1, 0.15) is 17.5 Å². The lowest BCUT2D eigenvalue weighted by Crippen LogP contribution is -2.66. The SMILES string of the molecule is CC(O)(CC(=O)N1c2nc3cc(F)cc(C#N)c3n2C12CCC2)c1ccccc1. The highest BCUT2D eigenvalue weighted by molar-refractivity contribution is 6.00. The van der Waals surface area contributed by atoms with Crippen molar-refractivity contribution in [3.05, 3.63) is 59.4 Å². The molecular weight excluding hydrogens is 371 g/mol. The van der Waals surface area contributed by atoms with Gasteiger partial charge in [-0.25, -0.2) is 9.37 Å². The topological polar surface area (TPSA) is 82.2 Å². The van der Waals surface area contributed by atoms with Gasteiger partial charge in [-0.1, -0.05) is 30.3 Å². The Hall–Kier alpha value is -3.24. The van der Waals surface area contributed by atoms with Crippen molar-refractivity contribution in [2.24, 2.45) is 0 Å². The number of aliphatic hydroxyl groups is 1. The first-order valence-corrected chi connectivity index (χ1v) is 9.61. The van der Waals surface area contributed by atoms with E-state index in [2.05, 4.69) is 4.98 Å². The number of benzene rings is 2. The number of carbonyl (C=O) groups is 1. The summed E-state index contributed by atoms with van der Waals surface area (Å²) in [6.45, 7) is 1.62. The number of halogens is 1. The summed E-state index contributed by atoms with van der Waals surface area (Å²) in [6, 6.07) is 13.6. The maximum Gasteiger partial charge on any atom is 0.234 e. The molecule has 1 aliphatic heterocycles. The van der Waals surface area contributed by atoms with Gasteiger partial charge in [-0.2, -0.15) is 5.26 Å². The van der Waals surface area contributed by atoms with Crippen LogP contribution in [0.5, 0.6) is 0 Å². The zero-order valence-corrected chi connectivity index (χ0v) is 15.9. The number of fused-ring (bicyclic) bond motifs is 4. The van der Waals surface area contributed by atoms with Crippen molar-refractivity contribution in [2.45, 2.75) is 43.9 Å². The molecule has 1 N–H and O–H groups in total. The van der Waals surface area contributed by atoms with Crippen LogP contribution in [0.3, 0.4) is 0 Å². The van der Waals surface area contributed by atoms with Crippen LogP contribution in [-0.2, 0) is 16.1 Å². The van der Waals surface area contributed by atoms with Crippen LogP contribution in [0.1, 0.15) is 43.7 Å². The molecule has 1 amide bonds. The molecule has 1 aliphatic carbocycles. The fraction of sp³-hybridized carbons (Fsp3) is 0.318. The van der Waals surface area contributed by atoms with E-state index < -0.39 is 17.1 Å². The van der Waals surface area contributed by atoms with E-state index in [-0.39, 0.29) is 17.9 Å². The third kappa shape index (κ3) is 2.36. The van der Waals surface area contributed by atoms with Crippen molar-refractivity contribution in [1.82, 2.24) is 9.55 Å². The molecule has 1 saturated carbocycles. The number of rotatable bonds is 3. The molecule has 2 heterocycles. The smallest absolute Gasteiger partial charge is 0.234 e. The van der Waals surface area contributed by atoms with Gasteiger partial charge in [0.2, 0.25) is 11.9 Å². The molecule has 1 fully saturated rings. The number of aromatic nitrogens is 2. The molecule has 5 rings (SSSR count). The summed E-state index contributed by atoms with van der Waals surface area (Å²) < 4.78 is 15.8. The van der Waals surface area contributed by atoms with Crippen LogP contribution in [0, 0.1) is 17.1 Å². The Morgan fingerprint density at radius 2 is 2.07 bits per heavy atom. The zero-order valence-electron chi connectivity index (χ0n) is 15.9. The summed E-state index contributed by atoms with van der Waals surface area (Å²) in [7, 11) is 0. The van der Waals surface area contributed by atoms with Crippen LogP contribution in [0.25, 0.3) is 11.0 Å². The summed E-state index contributed by atoms with van der Waals surface area (Å²) in [5.74, 6) is -0.351. The molecule has 2 aromatic carbocycles. The van der Waals surface area contributed by atoms with E-state index in [4.69, 9.17) is 0 Å². The maximum absolute atomic E-state index is 13.9. The Morgan fingerprint density at radius 1 is 1.34 bits per heavy atom. The van der Waals surface area contributed by atoms with E-state index in [1.54, 1.807) is 24.0 Å². The van der Waals surface area contributed by atoms with Crippen LogP contribution in [0.2, 0.25) is 0 Å². The minimum atomic E-state index is -1.32. The largest absolute Gasteiger partial charge is 0.385 e. The first-order valence-electron chi connectivity index (χ1n) is 9.61. The van der Waals surface area contributed by atoms with Crippen LogP contribution >= 0.6 is 0 Å². The van der Waals surface area contributed by atoms with Crippen LogP contribution < -0.4 is 4.90 Å². The molecule has 6 nitrogen and oxygen atoms in total. The van der Waals surface area contributed by atoms with Crippen molar-refractivity contribution >= 4 is 22.9 Å². The Bertz CT molecular complexity index is 1190. The van der Waals surface area contributed by atoms with Gasteiger partial charge in [0.05, 0.1) is 28.6 Å². The highest BCUT2D eigenvalue weighted by Gasteiger charge is 2.58. The summed E-state index contributed by atoms with van der Waals surface area (Å²) >= 11 is 0. The average Bonchev–Trinajstić information content (AvgIpc) is 2.95.